The topological polar surface area (TPSA) is 33.7 Å². The number of likely N-dealkylation sites (N-methyl/N-ethyl adjacent to an activating group) is 1. The summed E-state index contributed by atoms with van der Waals surface area (Å²) in [6.45, 7) is 12.9. The van der Waals surface area contributed by atoms with Crippen molar-refractivity contribution in [2.75, 3.05) is 46.0 Å². The summed E-state index contributed by atoms with van der Waals surface area (Å²) in [7, 11) is 0. The number of hydrogen-bond donors (Lipinski definition) is 1. The molecule has 0 aliphatic carbocycles. The van der Waals surface area contributed by atoms with Crippen LogP contribution in [0.5, 0.6) is 0 Å². The van der Waals surface area contributed by atoms with Crippen LogP contribution < -0.4 is 5.32 Å². The van der Waals surface area contributed by atoms with Crippen molar-refractivity contribution in [3.05, 3.63) is 0 Å². The van der Waals surface area contributed by atoms with E-state index in [2.05, 4.69) is 31.0 Å². The fourth-order valence-corrected chi connectivity index (χ4v) is 1.89. The molecule has 0 radical (unpaired) electrons. The average Bonchev–Trinajstić information content (AvgIpc) is 2.27. The van der Waals surface area contributed by atoms with Crippen LogP contribution >= 0.6 is 0 Å². The van der Waals surface area contributed by atoms with Crippen LogP contribution in [0.15, 0.2) is 0 Å². The minimum absolute atomic E-state index is 0.327. The summed E-state index contributed by atoms with van der Waals surface area (Å²) >= 11 is 0. The van der Waals surface area contributed by atoms with Gasteiger partial charge in [0.2, 0.25) is 0 Å². The van der Waals surface area contributed by atoms with Crippen LogP contribution in [0.3, 0.4) is 0 Å². The van der Waals surface area contributed by atoms with Crippen LogP contribution in [0.25, 0.3) is 0 Å². The maximum absolute atomic E-state index is 5.59. The standard InChI is InChI=1S/C12H26N2O2/c1-4-13-9-12-10-15-7-5-14(12)6-8-16-11(2)3/h11-13H,4-10H2,1-3H3. The first kappa shape index (κ1) is 13.9. The van der Waals surface area contributed by atoms with Crippen LogP contribution in [-0.2, 0) is 9.47 Å². The van der Waals surface area contributed by atoms with Crippen molar-refractivity contribution in [1.29, 1.82) is 0 Å². The SMILES string of the molecule is CCNCC1COCCN1CCOC(C)C. The molecular formula is C12H26N2O2. The monoisotopic (exact) mass is 230 g/mol. The Morgan fingerprint density at radius 1 is 1.50 bits per heavy atom. The molecule has 0 aromatic heterocycles. The van der Waals surface area contributed by atoms with E-state index in [1.165, 1.54) is 0 Å². The second-order valence-corrected chi connectivity index (χ2v) is 4.49. The highest BCUT2D eigenvalue weighted by Gasteiger charge is 2.21. The molecule has 0 amide bonds. The van der Waals surface area contributed by atoms with Crippen LogP contribution in [0.2, 0.25) is 0 Å². The van der Waals surface area contributed by atoms with Gasteiger partial charge in [0.1, 0.15) is 0 Å². The summed E-state index contributed by atoms with van der Waals surface area (Å²) in [6.07, 6.45) is 0.327. The third-order valence-electron chi connectivity index (χ3n) is 2.81. The molecule has 16 heavy (non-hydrogen) atoms. The summed E-state index contributed by atoms with van der Waals surface area (Å²) in [5.41, 5.74) is 0. The van der Waals surface area contributed by atoms with Gasteiger partial charge in [-0.1, -0.05) is 6.92 Å². The van der Waals surface area contributed by atoms with Gasteiger partial charge < -0.3 is 14.8 Å². The Kier molecular flexibility index (Phi) is 6.96. The van der Waals surface area contributed by atoms with E-state index in [9.17, 15) is 0 Å². The van der Waals surface area contributed by atoms with Crippen molar-refractivity contribution >= 4 is 0 Å². The van der Waals surface area contributed by atoms with Crippen LogP contribution in [0.1, 0.15) is 20.8 Å². The quantitative estimate of drug-likeness (QED) is 0.699. The van der Waals surface area contributed by atoms with Gasteiger partial charge in [0.25, 0.3) is 0 Å². The molecule has 1 unspecified atom stereocenters. The molecule has 0 bridgehead atoms. The molecule has 1 aliphatic rings. The minimum Gasteiger partial charge on any atom is -0.378 e. The first-order valence-corrected chi connectivity index (χ1v) is 6.38. The van der Waals surface area contributed by atoms with Gasteiger partial charge >= 0.3 is 0 Å². The molecule has 1 N–H and O–H groups in total. The third-order valence-corrected chi connectivity index (χ3v) is 2.81. The first-order valence-electron chi connectivity index (χ1n) is 6.38. The predicted molar refractivity (Wildman–Crippen MR) is 65.8 cm³/mol. The summed E-state index contributed by atoms with van der Waals surface area (Å²) < 4.78 is 11.1. The van der Waals surface area contributed by atoms with E-state index in [0.717, 1.165) is 46.0 Å². The fraction of sp³-hybridized carbons (Fsp3) is 1.00. The Morgan fingerprint density at radius 2 is 2.31 bits per heavy atom. The number of nitrogens with one attached hydrogen (secondary N) is 1. The Labute approximate surface area is 99.3 Å². The fourth-order valence-electron chi connectivity index (χ4n) is 1.89. The lowest BCUT2D eigenvalue weighted by Crippen LogP contribution is -2.51. The van der Waals surface area contributed by atoms with Crippen molar-refractivity contribution in [2.45, 2.75) is 32.9 Å². The number of hydrogen-bond acceptors (Lipinski definition) is 4. The first-order chi connectivity index (χ1) is 7.74. The van der Waals surface area contributed by atoms with Crippen molar-refractivity contribution in [2.24, 2.45) is 0 Å². The van der Waals surface area contributed by atoms with Gasteiger partial charge in [0.15, 0.2) is 0 Å². The summed E-state index contributed by atoms with van der Waals surface area (Å²) in [5, 5.41) is 3.38. The normalized spacial score (nSPS) is 22.9. The highest BCUT2D eigenvalue weighted by molar-refractivity contribution is 4.77. The highest BCUT2D eigenvalue weighted by Crippen LogP contribution is 2.06. The van der Waals surface area contributed by atoms with Gasteiger partial charge in [-0.15, -0.1) is 0 Å². The largest absolute Gasteiger partial charge is 0.378 e. The molecule has 0 aromatic carbocycles. The van der Waals surface area contributed by atoms with E-state index in [0.29, 0.717) is 12.1 Å². The lowest BCUT2D eigenvalue weighted by atomic mass is 10.2. The van der Waals surface area contributed by atoms with Gasteiger partial charge in [-0.2, -0.15) is 0 Å². The van der Waals surface area contributed by atoms with Crippen LogP contribution in [-0.4, -0.2) is 63.0 Å². The van der Waals surface area contributed by atoms with E-state index in [1.54, 1.807) is 0 Å². The van der Waals surface area contributed by atoms with E-state index in [1.807, 2.05) is 0 Å². The molecule has 1 saturated heterocycles. The molecule has 1 fully saturated rings. The minimum atomic E-state index is 0.327. The van der Waals surface area contributed by atoms with E-state index in [-0.39, 0.29) is 0 Å². The van der Waals surface area contributed by atoms with Crippen LogP contribution in [0.4, 0.5) is 0 Å². The molecular weight excluding hydrogens is 204 g/mol. The molecule has 0 aromatic rings. The van der Waals surface area contributed by atoms with Gasteiger partial charge in [-0.3, -0.25) is 4.90 Å². The zero-order valence-electron chi connectivity index (χ0n) is 10.9. The summed E-state index contributed by atoms with van der Waals surface area (Å²) in [4.78, 5) is 2.47. The molecule has 1 heterocycles. The Hall–Kier alpha value is -0.160. The smallest absolute Gasteiger partial charge is 0.0634 e. The molecule has 4 heteroatoms. The van der Waals surface area contributed by atoms with Crippen molar-refractivity contribution in [1.82, 2.24) is 10.2 Å². The molecule has 0 spiro atoms. The second kappa shape index (κ2) is 8.01. The second-order valence-electron chi connectivity index (χ2n) is 4.49. The Bertz CT molecular complexity index is 176. The molecule has 0 saturated carbocycles. The van der Waals surface area contributed by atoms with E-state index < -0.39 is 0 Å². The van der Waals surface area contributed by atoms with E-state index >= 15 is 0 Å². The van der Waals surface area contributed by atoms with E-state index in [4.69, 9.17) is 9.47 Å². The van der Waals surface area contributed by atoms with Gasteiger partial charge in [-0.05, 0) is 20.4 Å². The third kappa shape index (κ3) is 5.25. The average molecular weight is 230 g/mol. The molecule has 1 aliphatic heterocycles. The molecule has 1 atom stereocenters. The lowest BCUT2D eigenvalue weighted by Gasteiger charge is -2.35. The maximum Gasteiger partial charge on any atom is 0.0634 e. The van der Waals surface area contributed by atoms with Gasteiger partial charge in [0, 0.05) is 25.7 Å². The summed E-state index contributed by atoms with van der Waals surface area (Å²) in [5.74, 6) is 0. The summed E-state index contributed by atoms with van der Waals surface area (Å²) in [6, 6.07) is 0.504. The van der Waals surface area contributed by atoms with Crippen molar-refractivity contribution in [3.63, 3.8) is 0 Å². The molecule has 4 nitrogen and oxygen atoms in total. The number of rotatable bonds is 7. The number of nitrogens with zero attached hydrogens (tertiary/aromatic N) is 1. The van der Waals surface area contributed by atoms with Gasteiger partial charge in [-0.25, -0.2) is 0 Å². The Balaban J connectivity index is 2.23. The predicted octanol–water partition coefficient (Wildman–Crippen LogP) is 0.722. The van der Waals surface area contributed by atoms with Crippen molar-refractivity contribution < 1.29 is 9.47 Å². The zero-order valence-corrected chi connectivity index (χ0v) is 10.9. The highest BCUT2D eigenvalue weighted by atomic mass is 16.5. The van der Waals surface area contributed by atoms with Gasteiger partial charge in [0.05, 0.1) is 25.9 Å². The molecule has 96 valence electrons. The Morgan fingerprint density at radius 3 is 3.00 bits per heavy atom. The maximum atomic E-state index is 5.59. The molecule has 1 rings (SSSR count). The number of ether oxygens (including phenoxy) is 2. The zero-order chi connectivity index (χ0) is 11.8. The number of morpholine rings is 1. The van der Waals surface area contributed by atoms with Crippen LogP contribution in [0, 0.1) is 0 Å². The lowest BCUT2D eigenvalue weighted by molar-refractivity contribution is -0.0254. The van der Waals surface area contributed by atoms with Crippen molar-refractivity contribution in [3.8, 4) is 0 Å².